The molecule has 2 aromatic rings. The van der Waals surface area contributed by atoms with Crippen LogP contribution < -0.4 is 10.2 Å². The molecule has 5 nitrogen and oxygen atoms in total. The van der Waals surface area contributed by atoms with Crippen LogP contribution in [0.2, 0.25) is 0 Å². The van der Waals surface area contributed by atoms with Gasteiger partial charge >= 0.3 is 13.3 Å². The Bertz CT molecular complexity index is 1060. The summed E-state index contributed by atoms with van der Waals surface area (Å²) in [7, 11) is -1.79. The van der Waals surface area contributed by atoms with Crippen LogP contribution in [0.4, 0.5) is 26.3 Å². The average Bonchev–Trinajstić information content (AvgIpc) is 2.75. The van der Waals surface area contributed by atoms with E-state index in [1.165, 1.54) is 25.1 Å². The van der Waals surface area contributed by atoms with E-state index in [0.717, 1.165) is 17.0 Å². The van der Waals surface area contributed by atoms with Crippen molar-refractivity contribution in [1.29, 1.82) is 0 Å². The molecule has 2 aliphatic rings. The van der Waals surface area contributed by atoms with E-state index in [0.29, 0.717) is 31.6 Å². The number of hydrogen-bond acceptors (Lipinski definition) is 5. The second kappa shape index (κ2) is 10.6. The molecule has 0 radical (unpaired) electrons. The number of alkyl halides is 4. The van der Waals surface area contributed by atoms with E-state index < -0.39 is 55.8 Å². The third-order valence-electron chi connectivity index (χ3n) is 6.70. The fraction of sp³-hybridized carbons (Fsp3) is 0.500. The zero-order valence-corrected chi connectivity index (χ0v) is 19.6. The summed E-state index contributed by atoms with van der Waals surface area (Å²) in [5.41, 5.74) is 0.346. The Labute approximate surface area is 205 Å². The maximum absolute atomic E-state index is 15.4. The van der Waals surface area contributed by atoms with Crippen molar-refractivity contribution in [1.82, 2.24) is 9.80 Å². The maximum Gasteiger partial charge on any atom is 0.488 e. The first-order valence-electron chi connectivity index (χ1n) is 11.7. The van der Waals surface area contributed by atoms with Crippen molar-refractivity contribution in [2.24, 2.45) is 0 Å². The molecule has 0 aliphatic carbocycles. The minimum Gasteiger partial charge on any atom is -0.488 e. The lowest BCUT2D eigenvalue weighted by Crippen LogP contribution is -2.53. The lowest BCUT2D eigenvalue weighted by atomic mass is 9.75. The largest absolute Gasteiger partial charge is 0.488 e. The van der Waals surface area contributed by atoms with Gasteiger partial charge in [-0.1, -0.05) is 18.2 Å². The van der Waals surface area contributed by atoms with Gasteiger partial charge in [0.1, 0.15) is 23.5 Å². The van der Waals surface area contributed by atoms with Crippen LogP contribution in [0.15, 0.2) is 30.3 Å². The SMILES string of the molecule is C[C@@H]1Cc2cc(B(O)O)ccc2C(c2c(F)cc(OC3CN(CCCF)C3)cc2F)N1CC(F)(F)F. The molecular weight excluding hydrogens is 489 g/mol. The summed E-state index contributed by atoms with van der Waals surface area (Å²) >= 11 is 0. The number of halogens is 6. The van der Waals surface area contributed by atoms with E-state index in [1.54, 1.807) is 0 Å². The Morgan fingerprint density at radius 1 is 1.08 bits per heavy atom. The third-order valence-corrected chi connectivity index (χ3v) is 6.70. The zero-order valence-electron chi connectivity index (χ0n) is 19.6. The van der Waals surface area contributed by atoms with Crippen molar-refractivity contribution in [3.63, 3.8) is 0 Å². The summed E-state index contributed by atoms with van der Waals surface area (Å²) in [6, 6.07) is 3.95. The molecule has 4 rings (SSSR count). The lowest BCUT2D eigenvalue weighted by molar-refractivity contribution is -0.155. The number of hydrogen-bond donors (Lipinski definition) is 2. The van der Waals surface area contributed by atoms with Crippen molar-refractivity contribution in [2.45, 2.75) is 44.1 Å². The topological polar surface area (TPSA) is 56.2 Å². The number of fused-ring (bicyclic) bond motifs is 1. The highest BCUT2D eigenvalue weighted by Crippen LogP contribution is 2.42. The van der Waals surface area contributed by atoms with E-state index in [4.69, 9.17) is 4.74 Å². The molecule has 0 bridgehead atoms. The number of nitrogens with zero attached hydrogens (tertiary/aromatic N) is 2. The fourth-order valence-corrected chi connectivity index (χ4v) is 5.02. The van der Waals surface area contributed by atoms with Gasteiger partial charge < -0.3 is 14.8 Å². The molecule has 2 aromatic carbocycles. The summed E-state index contributed by atoms with van der Waals surface area (Å²) in [5, 5.41) is 19.0. The third kappa shape index (κ3) is 5.82. The van der Waals surface area contributed by atoms with E-state index >= 15 is 8.78 Å². The highest BCUT2D eigenvalue weighted by atomic mass is 19.4. The van der Waals surface area contributed by atoms with Gasteiger partial charge in [-0.15, -0.1) is 0 Å². The van der Waals surface area contributed by atoms with E-state index in [-0.39, 0.29) is 29.3 Å². The molecule has 1 unspecified atom stereocenters. The summed E-state index contributed by atoms with van der Waals surface area (Å²) in [4.78, 5) is 2.95. The Balaban J connectivity index is 1.66. The fourth-order valence-electron chi connectivity index (χ4n) is 5.02. The van der Waals surface area contributed by atoms with Gasteiger partial charge in [-0.05, 0) is 36.4 Å². The average molecular weight is 516 g/mol. The van der Waals surface area contributed by atoms with Gasteiger partial charge in [-0.2, -0.15) is 13.2 Å². The summed E-state index contributed by atoms with van der Waals surface area (Å²) in [6.45, 7) is 1.24. The van der Waals surface area contributed by atoms with Gasteiger partial charge in [0.15, 0.2) is 0 Å². The molecule has 2 N–H and O–H groups in total. The molecular formula is C24H27BF6N2O3. The molecule has 0 spiro atoms. The predicted molar refractivity (Wildman–Crippen MR) is 122 cm³/mol. The monoisotopic (exact) mass is 516 g/mol. The minimum absolute atomic E-state index is 0.0749. The molecule has 2 atom stereocenters. The summed E-state index contributed by atoms with van der Waals surface area (Å²) in [6.07, 6.45) is -4.42. The van der Waals surface area contributed by atoms with Gasteiger partial charge in [0.05, 0.1) is 19.3 Å². The minimum atomic E-state index is -4.61. The molecule has 0 saturated carbocycles. The number of ether oxygens (including phenoxy) is 1. The van der Waals surface area contributed by atoms with Crippen molar-refractivity contribution in [3.8, 4) is 5.75 Å². The quantitative estimate of drug-likeness (QED) is 0.418. The first-order valence-corrected chi connectivity index (χ1v) is 11.7. The van der Waals surface area contributed by atoms with Crippen LogP contribution in [0.25, 0.3) is 0 Å². The van der Waals surface area contributed by atoms with E-state index in [9.17, 15) is 27.6 Å². The Morgan fingerprint density at radius 2 is 1.75 bits per heavy atom. The van der Waals surface area contributed by atoms with Gasteiger partial charge in [-0.25, -0.2) is 8.78 Å². The van der Waals surface area contributed by atoms with E-state index in [2.05, 4.69) is 0 Å². The molecule has 0 aromatic heterocycles. The second-order valence-corrected chi connectivity index (χ2v) is 9.42. The second-order valence-electron chi connectivity index (χ2n) is 9.42. The summed E-state index contributed by atoms with van der Waals surface area (Å²) in [5.74, 6) is -2.15. The van der Waals surface area contributed by atoms with Crippen LogP contribution in [-0.2, 0) is 6.42 Å². The van der Waals surface area contributed by atoms with Crippen LogP contribution in [0.5, 0.6) is 5.75 Å². The van der Waals surface area contributed by atoms with Crippen molar-refractivity contribution in [3.05, 3.63) is 58.7 Å². The van der Waals surface area contributed by atoms with Crippen molar-refractivity contribution in [2.75, 3.05) is 32.9 Å². The maximum atomic E-state index is 15.4. The Morgan fingerprint density at radius 3 is 2.33 bits per heavy atom. The lowest BCUT2D eigenvalue weighted by Gasteiger charge is -2.43. The number of rotatable bonds is 8. The predicted octanol–water partition coefficient (Wildman–Crippen LogP) is 2.97. The standard InChI is InChI=1S/C24H27BF6N2O3/c1-14-7-15-8-16(25(34)35)3-4-19(15)23(33(14)13-24(29,30)31)22-20(27)9-17(10-21(22)28)36-18-11-32(12-18)6-2-5-26/h3-4,8-10,14,18,23,34-35H,2,5-7,11-13H2,1H3/t14-,23?/m1/s1. The van der Waals surface area contributed by atoms with E-state index in [1.807, 2.05) is 4.90 Å². The molecule has 12 heteroatoms. The van der Waals surface area contributed by atoms with Crippen molar-refractivity contribution >= 4 is 12.6 Å². The molecule has 1 saturated heterocycles. The van der Waals surface area contributed by atoms with Crippen LogP contribution in [0, 0.1) is 11.6 Å². The van der Waals surface area contributed by atoms with Crippen molar-refractivity contribution < 1.29 is 41.1 Å². The molecule has 2 heterocycles. The first-order chi connectivity index (χ1) is 17.0. The molecule has 196 valence electrons. The highest BCUT2D eigenvalue weighted by molar-refractivity contribution is 6.58. The normalized spacial score (nSPS) is 21.2. The van der Waals surface area contributed by atoms with Crippen LogP contribution in [-0.4, -0.2) is 78.1 Å². The van der Waals surface area contributed by atoms with Gasteiger partial charge in [-0.3, -0.25) is 14.2 Å². The molecule has 2 aliphatic heterocycles. The van der Waals surface area contributed by atoms with Gasteiger partial charge in [0.2, 0.25) is 0 Å². The van der Waals surface area contributed by atoms with Crippen LogP contribution >= 0.6 is 0 Å². The molecule has 1 fully saturated rings. The van der Waals surface area contributed by atoms with Crippen LogP contribution in [0.1, 0.15) is 36.1 Å². The van der Waals surface area contributed by atoms with Gasteiger partial charge in [0.25, 0.3) is 0 Å². The molecule has 36 heavy (non-hydrogen) atoms. The van der Waals surface area contributed by atoms with Crippen LogP contribution in [0.3, 0.4) is 0 Å². The summed E-state index contributed by atoms with van der Waals surface area (Å²) < 4.78 is 89.1. The van der Waals surface area contributed by atoms with Gasteiger partial charge in [0, 0.05) is 43.4 Å². The first kappa shape index (κ1) is 26.8. The Kier molecular flexibility index (Phi) is 7.89. The Hall–Kier alpha value is -2.28. The highest BCUT2D eigenvalue weighted by Gasteiger charge is 2.43. The zero-order chi connectivity index (χ0) is 26.2. The number of likely N-dealkylation sites (tertiary alicyclic amines) is 1. The smallest absolute Gasteiger partial charge is 0.488 e. The molecule has 0 amide bonds. The number of benzene rings is 2.